The van der Waals surface area contributed by atoms with Gasteiger partial charge in [-0.05, 0) is 24.6 Å². The lowest BCUT2D eigenvalue weighted by Crippen LogP contribution is -2.37. The van der Waals surface area contributed by atoms with Crippen LogP contribution in [0.3, 0.4) is 0 Å². The highest BCUT2D eigenvalue weighted by Gasteiger charge is 2.09. The summed E-state index contributed by atoms with van der Waals surface area (Å²) in [6, 6.07) is 4.93. The normalized spacial score (nSPS) is 9.67. The predicted molar refractivity (Wildman–Crippen MR) is 70.6 cm³/mol. The first kappa shape index (κ1) is 13.8. The molecule has 0 atom stereocenters. The fourth-order valence-corrected chi connectivity index (χ4v) is 1.52. The van der Waals surface area contributed by atoms with E-state index in [1.165, 1.54) is 0 Å². The van der Waals surface area contributed by atoms with Crippen molar-refractivity contribution in [3.05, 3.63) is 29.3 Å². The molecule has 0 fully saturated rings. The molecule has 0 saturated heterocycles. The molecule has 6 nitrogen and oxygen atoms in total. The van der Waals surface area contributed by atoms with Gasteiger partial charge in [-0.1, -0.05) is 6.07 Å². The van der Waals surface area contributed by atoms with Crippen LogP contribution in [0.5, 0.6) is 0 Å². The Balaban J connectivity index is 2.58. The van der Waals surface area contributed by atoms with E-state index >= 15 is 0 Å². The van der Waals surface area contributed by atoms with Crippen molar-refractivity contribution in [2.24, 2.45) is 5.73 Å². The van der Waals surface area contributed by atoms with E-state index in [9.17, 15) is 9.59 Å². The van der Waals surface area contributed by atoms with Gasteiger partial charge in [0.2, 0.25) is 0 Å². The van der Waals surface area contributed by atoms with Crippen LogP contribution >= 0.6 is 0 Å². The molecular weight excluding hydrogens is 232 g/mol. The Morgan fingerprint density at radius 2 is 1.89 bits per heavy atom. The molecule has 6 heteroatoms. The van der Waals surface area contributed by atoms with Crippen molar-refractivity contribution in [3.63, 3.8) is 0 Å². The molecule has 3 amide bonds. The molecule has 0 spiro atoms. The highest BCUT2D eigenvalue weighted by Crippen LogP contribution is 2.16. The lowest BCUT2D eigenvalue weighted by atomic mass is 10.1. The van der Waals surface area contributed by atoms with Gasteiger partial charge in [-0.15, -0.1) is 0 Å². The first-order chi connectivity index (χ1) is 8.54. The molecule has 0 saturated carbocycles. The minimum atomic E-state index is -0.601. The quantitative estimate of drug-likeness (QED) is 0.571. The highest BCUT2D eigenvalue weighted by molar-refractivity contribution is 5.99. The SMILES string of the molecule is CNc1cc(C)ccc1C(=O)NCCNC(N)=O. The topological polar surface area (TPSA) is 96.2 Å². The number of primary amides is 1. The molecule has 0 unspecified atom stereocenters. The summed E-state index contributed by atoms with van der Waals surface area (Å²) in [5.74, 6) is -0.189. The maximum absolute atomic E-state index is 11.9. The maximum atomic E-state index is 11.9. The Labute approximate surface area is 106 Å². The number of rotatable bonds is 5. The first-order valence-corrected chi connectivity index (χ1v) is 5.64. The summed E-state index contributed by atoms with van der Waals surface area (Å²) in [6.07, 6.45) is 0. The second-order valence-electron chi connectivity index (χ2n) is 3.85. The van der Waals surface area contributed by atoms with E-state index in [4.69, 9.17) is 5.73 Å². The van der Waals surface area contributed by atoms with Gasteiger partial charge in [-0.25, -0.2) is 4.79 Å². The number of benzene rings is 1. The van der Waals surface area contributed by atoms with Crippen molar-refractivity contribution < 1.29 is 9.59 Å². The average Bonchev–Trinajstić information content (AvgIpc) is 2.33. The summed E-state index contributed by atoms with van der Waals surface area (Å²) in [4.78, 5) is 22.3. The third kappa shape index (κ3) is 3.97. The highest BCUT2D eigenvalue weighted by atomic mass is 16.2. The zero-order valence-corrected chi connectivity index (χ0v) is 10.5. The van der Waals surface area contributed by atoms with E-state index in [2.05, 4.69) is 16.0 Å². The van der Waals surface area contributed by atoms with Gasteiger partial charge in [0.05, 0.1) is 5.56 Å². The predicted octanol–water partition coefficient (Wildman–Crippen LogP) is 0.435. The molecule has 1 aromatic rings. The van der Waals surface area contributed by atoms with Gasteiger partial charge in [0, 0.05) is 25.8 Å². The molecular formula is C12H18N4O2. The number of carbonyl (C=O) groups excluding carboxylic acids is 2. The molecule has 98 valence electrons. The third-order valence-corrected chi connectivity index (χ3v) is 2.40. The number of nitrogens with one attached hydrogen (secondary N) is 3. The van der Waals surface area contributed by atoms with Crippen LogP contribution in [0.2, 0.25) is 0 Å². The lowest BCUT2D eigenvalue weighted by molar-refractivity contribution is 0.0954. The van der Waals surface area contributed by atoms with Crippen LogP contribution in [0.25, 0.3) is 0 Å². The number of amides is 3. The zero-order valence-electron chi connectivity index (χ0n) is 10.5. The van der Waals surface area contributed by atoms with E-state index in [1.807, 2.05) is 19.1 Å². The minimum absolute atomic E-state index is 0.189. The molecule has 0 radical (unpaired) electrons. The van der Waals surface area contributed by atoms with Crippen LogP contribution in [0, 0.1) is 6.92 Å². The largest absolute Gasteiger partial charge is 0.387 e. The van der Waals surface area contributed by atoms with Crippen molar-refractivity contribution in [1.29, 1.82) is 0 Å². The number of nitrogens with two attached hydrogens (primary N) is 1. The van der Waals surface area contributed by atoms with E-state index in [0.29, 0.717) is 18.7 Å². The summed E-state index contributed by atoms with van der Waals surface area (Å²) in [7, 11) is 1.76. The fraction of sp³-hybridized carbons (Fsp3) is 0.333. The Bertz CT molecular complexity index is 446. The van der Waals surface area contributed by atoms with E-state index in [0.717, 1.165) is 11.3 Å². The number of hydrogen-bond donors (Lipinski definition) is 4. The minimum Gasteiger partial charge on any atom is -0.387 e. The Morgan fingerprint density at radius 1 is 1.22 bits per heavy atom. The molecule has 0 bridgehead atoms. The molecule has 1 aromatic carbocycles. The summed E-state index contributed by atoms with van der Waals surface area (Å²) in [5, 5.41) is 8.07. The zero-order chi connectivity index (χ0) is 13.5. The number of urea groups is 1. The van der Waals surface area contributed by atoms with Gasteiger partial charge in [-0.3, -0.25) is 4.79 Å². The van der Waals surface area contributed by atoms with Crippen LogP contribution < -0.4 is 21.7 Å². The lowest BCUT2D eigenvalue weighted by Gasteiger charge is -2.10. The van der Waals surface area contributed by atoms with Crippen molar-refractivity contribution in [2.75, 3.05) is 25.5 Å². The molecule has 5 N–H and O–H groups in total. The van der Waals surface area contributed by atoms with E-state index < -0.39 is 6.03 Å². The molecule has 0 aliphatic heterocycles. The standard InChI is InChI=1S/C12H18N4O2/c1-8-3-4-9(10(7-8)14-2)11(17)15-5-6-16-12(13)18/h3-4,7,14H,5-6H2,1-2H3,(H,15,17)(H3,13,16,18). The molecule has 0 aliphatic carbocycles. The van der Waals surface area contributed by atoms with Crippen LogP contribution in [0.4, 0.5) is 10.5 Å². The number of aryl methyl sites for hydroxylation is 1. The second-order valence-corrected chi connectivity index (χ2v) is 3.85. The fourth-order valence-electron chi connectivity index (χ4n) is 1.52. The van der Waals surface area contributed by atoms with Crippen molar-refractivity contribution in [2.45, 2.75) is 6.92 Å². The number of hydrogen-bond acceptors (Lipinski definition) is 3. The molecule has 18 heavy (non-hydrogen) atoms. The van der Waals surface area contributed by atoms with Gasteiger partial charge in [0.25, 0.3) is 5.91 Å². The Hall–Kier alpha value is -2.24. The van der Waals surface area contributed by atoms with Gasteiger partial charge in [-0.2, -0.15) is 0 Å². The average molecular weight is 250 g/mol. The van der Waals surface area contributed by atoms with Crippen LogP contribution in [-0.2, 0) is 0 Å². The van der Waals surface area contributed by atoms with Crippen molar-refractivity contribution in [1.82, 2.24) is 10.6 Å². The summed E-state index contributed by atoms with van der Waals surface area (Å²) >= 11 is 0. The van der Waals surface area contributed by atoms with Crippen molar-refractivity contribution >= 4 is 17.6 Å². The first-order valence-electron chi connectivity index (χ1n) is 5.64. The number of anilines is 1. The van der Waals surface area contributed by atoms with Crippen LogP contribution in [0.1, 0.15) is 15.9 Å². The Morgan fingerprint density at radius 3 is 2.50 bits per heavy atom. The molecule has 1 rings (SSSR count). The maximum Gasteiger partial charge on any atom is 0.312 e. The summed E-state index contributed by atoms with van der Waals surface area (Å²) in [6.45, 7) is 2.60. The molecule has 0 aromatic heterocycles. The van der Waals surface area contributed by atoms with E-state index in [1.54, 1.807) is 13.1 Å². The molecule has 0 heterocycles. The monoisotopic (exact) mass is 250 g/mol. The van der Waals surface area contributed by atoms with Gasteiger partial charge < -0.3 is 21.7 Å². The van der Waals surface area contributed by atoms with Crippen LogP contribution in [-0.4, -0.2) is 32.1 Å². The van der Waals surface area contributed by atoms with Gasteiger partial charge >= 0.3 is 6.03 Å². The van der Waals surface area contributed by atoms with Crippen molar-refractivity contribution in [3.8, 4) is 0 Å². The third-order valence-electron chi connectivity index (χ3n) is 2.40. The number of carbonyl (C=O) groups is 2. The smallest absolute Gasteiger partial charge is 0.312 e. The summed E-state index contributed by atoms with van der Waals surface area (Å²) < 4.78 is 0. The second kappa shape index (κ2) is 6.48. The van der Waals surface area contributed by atoms with Gasteiger partial charge in [0.1, 0.15) is 0 Å². The van der Waals surface area contributed by atoms with Gasteiger partial charge in [0.15, 0.2) is 0 Å². The van der Waals surface area contributed by atoms with E-state index in [-0.39, 0.29) is 5.91 Å². The Kier molecular flexibility index (Phi) is 4.98. The molecule has 0 aliphatic rings. The van der Waals surface area contributed by atoms with Crippen LogP contribution in [0.15, 0.2) is 18.2 Å². The summed E-state index contributed by atoms with van der Waals surface area (Å²) in [5.41, 5.74) is 7.33.